The summed E-state index contributed by atoms with van der Waals surface area (Å²) in [5.74, 6) is -0.766. The van der Waals surface area contributed by atoms with Crippen LogP contribution in [0, 0.1) is 12.3 Å². The fraction of sp³-hybridized carbons (Fsp3) is 0.412. The molecule has 1 aromatic carbocycles. The first-order valence-electron chi connectivity index (χ1n) is 7.43. The Balaban J connectivity index is 1.94. The number of hydrogen-bond acceptors (Lipinski definition) is 3. The van der Waals surface area contributed by atoms with Gasteiger partial charge in [0, 0.05) is 12.1 Å². The van der Waals surface area contributed by atoms with Gasteiger partial charge in [0.05, 0.1) is 17.3 Å². The Morgan fingerprint density at radius 1 is 1.32 bits per heavy atom. The average molecular weight is 301 g/mol. The van der Waals surface area contributed by atoms with Crippen LogP contribution in [0.1, 0.15) is 31.4 Å². The fourth-order valence-electron chi connectivity index (χ4n) is 2.15. The third-order valence-electron chi connectivity index (χ3n) is 3.88. The van der Waals surface area contributed by atoms with Gasteiger partial charge in [0.2, 0.25) is 0 Å². The first kappa shape index (κ1) is 16.2. The van der Waals surface area contributed by atoms with E-state index in [1.165, 1.54) is 5.56 Å². The summed E-state index contributed by atoms with van der Waals surface area (Å²) in [6.07, 6.45) is 2.39. The molecule has 0 aliphatic carbocycles. The predicted molar refractivity (Wildman–Crippen MR) is 86.5 cm³/mol. The van der Waals surface area contributed by atoms with E-state index in [9.17, 15) is 4.79 Å². The number of hydrogen-bond donors (Lipinski definition) is 3. The Morgan fingerprint density at radius 3 is 2.64 bits per heavy atom. The third-order valence-corrected chi connectivity index (χ3v) is 3.88. The third kappa shape index (κ3) is 3.95. The van der Waals surface area contributed by atoms with Gasteiger partial charge in [0.15, 0.2) is 0 Å². The number of carbonyl (C=O) groups is 1. The van der Waals surface area contributed by atoms with E-state index in [4.69, 9.17) is 5.11 Å². The minimum Gasteiger partial charge on any atom is -0.481 e. The number of nitrogens with zero attached hydrogens (tertiary/aromatic N) is 1. The second-order valence-electron chi connectivity index (χ2n) is 6.25. The van der Waals surface area contributed by atoms with Gasteiger partial charge in [-0.1, -0.05) is 29.8 Å². The van der Waals surface area contributed by atoms with Crippen LogP contribution < -0.4 is 5.32 Å². The minimum atomic E-state index is -0.766. The highest BCUT2D eigenvalue weighted by molar-refractivity contribution is 5.73. The first-order chi connectivity index (χ1) is 10.4. The molecule has 3 N–H and O–H groups in total. The molecule has 118 valence electrons. The second kappa shape index (κ2) is 6.75. The van der Waals surface area contributed by atoms with Crippen molar-refractivity contribution in [3.63, 3.8) is 0 Å². The number of H-pyrrole nitrogens is 1. The number of carboxylic acid groups (broad SMARTS) is 1. The van der Waals surface area contributed by atoms with E-state index in [0.29, 0.717) is 19.5 Å². The summed E-state index contributed by atoms with van der Waals surface area (Å²) in [5.41, 5.74) is 3.70. The molecule has 0 bridgehead atoms. The maximum absolute atomic E-state index is 11.1. The van der Waals surface area contributed by atoms with Gasteiger partial charge in [-0.2, -0.15) is 5.10 Å². The lowest BCUT2D eigenvalue weighted by molar-refractivity contribution is -0.147. The van der Waals surface area contributed by atoms with Crippen LogP contribution >= 0.6 is 0 Å². The van der Waals surface area contributed by atoms with Gasteiger partial charge in [-0.15, -0.1) is 0 Å². The van der Waals surface area contributed by atoms with Crippen LogP contribution in [0.2, 0.25) is 0 Å². The lowest BCUT2D eigenvalue weighted by Gasteiger charge is -2.18. The molecule has 1 heterocycles. The van der Waals surface area contributed by atoms with Crippen molar-refractivity contribution >= 4 is 5.97 Å². The van der Waals surface area contributed by atoms with Gasteiger partial charge in [-0.05, 0) is 39.3 Å². The quantitative estimate of drug-likeness (QED) is 0.687. The van der Waals surface area contributed by atoms with Crippen molar-refractivity contribution in [3.05, 3.63) is 41.6 Å². The van der Waals surface area contributed by atoms with Gasteiger partial charge in [0.1, 0.15) is 0 Å². The van der Waals surface area contributed by atoms with Crippen LogP contribution in [0.25, 0.3) is 11.3 Å². The molecule has 0 unspecified atom stereocenters. The van der Waals surface area contributed by atoms with E-state index in [-0.39, 0.29) is 0 Å². The molecule has 0 saturated carbocycles. The smallest absolute Gasteiger partial charge is 0.309 e. The van der Waals surface area contributed by atoms with Crippen molar-refractivity contribution in [2.75, 3.05) is 6.54 Å². The average Bonchev–Trinajstić information content (AvgIpc) is 2.92. The number of aromatic amines is 1. The first-order valence-corrected chi connectivity index (χ1v) is 7.43. The number of aliphatic carboxylic acids is 1. The number of aryl methyl sites for hydroxylation is 1. The lowest BCUT2D eigenvalue weighted by Crippen LogP contribution is -2.28. The summed E-state index contributed by atoms with van der Waals surface area (Å²) >= 11 is 0. The molecule has 2 rings (SSSR count). The monoisotopic (exact) mass is 301 g/mol. The standard InChI is InChI=1S/C17H23N3O2/c1-12-4-6-13(7-5-12)15-14(11-19-20-15)10-18-9-8-17(2,3)16(21)22/h4-7,11,18H,8-10H2,1-3H3,(H,19,20)(H,21,22). The SMILES string of the molecule is Cc1ccc(-c2[nH]ncc2CNCCC(C)(C)C(=O)O)cc1. The Kier molecular flexibility index (Phi) is 4.98. The topological polar surface area (TPSA) is 78.0 Å². The number of benzene rings is 1. The highest BCUT2D eigenvalue weighted by atomic mass is 16.4. The molecule has 0 fully saturated rings. The predicted octanol–water partition coefficient (Wildman–Crippen LogP) is 2.98. The molecule has 0 atom stereocenters. The zero-order chi connectivity index (χ0) is 16.2. The molecule has 0 radical (unpaired) electrons. The van der Waals surface area contributed by atoms with E-state index < -0.39 is 11.4 Å². The van der Waals surface area contributed by atoms with Crippen molar-refractivity contribution in [2.24, 2.45) is 5.41 Å². The zero-order valence-electron chi connectivity index (χ0n) is 13.3. The zero-order valence-corrected chi connectivity index (χ0v) is 13.3. The van der Waals surface area contributed by atoms with Crippen molar-refractivity contribution in [1.82, 2.24) is 15.5 Å². The van der Waals surface area contributed by atoms with E-state index in [2.05, 4.69) is 46.7 Å². The van der Waals surface area contributed by atoms with E-state index in [0.717, 1.165) is 16.8 Å². The highest BCUT2D eigenvalue weighted by Gasteiger charge is 2.26. The highest BCUT2D eigenvalue weighted by Crippen LogP contribution is 2.22. The van der Waals surface area contributed by atoms with Crippen LogP contribution in [0.5, 0.6) is 0 Å². The molecular formula is C17H23N3O2. The molecule has 5 heteroatoms. The summed E-state index contributed by atoms with van der Waals surface area (Å²) in [6.45, 7) is 6.86. The molecule has 0 saturated heterocycles. The van der Waals surface area contributed by atoms with Gasteiger partial charge >= 0.3 is 5.97 Å². The van der Waals surface area contributed by atoms with Crippen LogP contribution in [0.15, 0.2) is 30.5 Å². The van der Waals surface area contributed by atoms with E-state index in [1.807, 2.05) is 6.20 Å². The maximum atomic E-state index is 11.1. The summed E-state index contributed by atoms with van der Waals surface area (Å²) < 4.78 is 0. The molecule has 0 aliphatic rings. The normalized spacial score (nSPS) is 11.6. The molecule has 1 aromatic heterocycles. The Bertz CT molecular complexity index is 630. The Hall–Kier alpha value is -2.14. The number of rotatable bonds is 7. The molecule has 2 aromatic rings. The minimum absolute atomic E-state index is 0.583. The Morgan fingerprint density at radius 2 is 2.00 bits per heavy atom. The van der Waals surface area contributed by atoms with Gasteiger partial charge in [-0.3, -0.25) is 9.89 Å². The maximum Gasteiger partial charge on any atom is 0.309 e. The van der Waals surface area contributed by atoms with E-state index in [1.54, 1.807) is 13.8 Å². The fourth-order valence-corrected chi connectivity index (χ4v) is 2.15. The van der Waals surface area contributed by atoms with Gasteiger partial charge in [-0.25, -0.2) is 0 Å². The Labute approximate surface area is 130 Å². The van der Waals surface area contributed by atoms with Crippen LogP contribution in [-0.4, -0.2) is 27.8 Å². The van der Waals surface area contributed by atoms with Crippen molar-refractivity contribution < 1.29 is 9.90 Å². The van der Waals surface area contributed by atoms with Crippen LogP contribution in [0.3, 0.4) is 0 Å². The number of aromatic nitrogens is 2. The molecule has 5 nitrogen and oxygen atoms in total. The van der Waals surface area contributed by atoms with Crippen molar-refractivity contribution in [1.29, 1.82) is 0 Å². The molecule has 0 aliphatic heterocycles. The van der Waals surface area contributed by atoms with Crippen molar-refractivity contribution in [3.8, 4) is 11.3 Å². The molecule has 0 amide bonds. The molecule has 22 heavy (non-hydrogen) atoms. The molecular weight excluding hydrogens is 278 g/mol. The van der Waals surface area contributed by atoms with Gasteiger partial charge < -0.3 is 10.4 Å². The number of nitrogens with one attached hydrogen (secondary N) is 2. The van der Waals surface area contributed by atoms with Crippen LogP contribution in [0.4, 0.5) is 0 Å². The summed E-state index contributed by atoms with van der Waals surface area (Å²) in [5, 5.41) is 19.5. The van der Waals surface area contributed by atoms with E-state index >= 15 is 0 Å². The largest absolute Gasteiger partial charge is 0.481 e. The summed E-state index contributed by atoms with van der Waals surface area (Å²) in [7, 11) is 0. The number of carboxylic acids is 1. The van der Waals surface area contributed by atoms with Crippen molar-refractivity contribution in [2.45, 2.75) is 33.7 Å². The summed E-state index contributed by atoms with van der Waals surface area (Å²) in [4.78, 5) is 11.1. The van der Waals surface area contributed by atoms with Gasteiger partial charge in [0.25, 0.3) is 0 Å². The van der Waals surface area contributed by atoms with Crippen LogP contribution in [-0.2, 0) is 11.3 Å². The molecule has 0 spiro atoms. The second-order valence-corrected chi connectivity index (χ2v) is 6.25. The summed E-state index contributed by atoms with van der Waals surface area (Å²) in [6, 6.07) is 8.28. The lowest BCUT2D eigenvalue weighted by atomic mass is 9.90.